The molecule has 3 rings (SSSR count). The Morgan fingerprint density at radius 3 is 2.64 bits per heavy atom. The molecule has 1 saturated heterocycles. The summed E-state index contributed by atoms with van der Waals surface area (Å²) in [6.07, 6.45) is -0.733. The molecule has 2 aromatic carbocycles. The number of aliphatic hydroxyl groups is 1. The van der Waals surface area contributed by atoms with Crippen molar-refractivity contribution in [2.45, 2.75) is 11.5 Å². The molecular formula is C19H21NO4S. The highest BCUT2D eigenvalue weighted by Gasteiger charge is 2.36. The van der Waals surface area contributed by atoms with Crippen LogP contribution in [0.15, 0.2) is 48.5 Å². The van der Waals surface area contributed by atoms with Crippen LogP contribution in [-0.2, 0) is 4.79 Å². The first kappa shape index (κ1) is 17.6. The molecule has 132 valence electrons. The third-order valence-electron chi connectivity index (χ3n) is 4.22. The van der Waals surface area contributed by atoms with Crippen LogP contribution >= 0.6 is 11.8 Å². The minimum atomic E-state index is -0.733. The van der Waals surface area contributed by atoms with Gasteiger partial charge in [0.05, 0.1) is 32.6 Å². The third kappa shape index (κ3) is 3.75. The van der Waals surface area contributed by atoms with E-state index in [1.165, 1.54) is 11.8 Å². The Morgan fingerprint density at radius 1 is 1.20 bits per heavy atom. The fraction of sp³-hybridized carbons (Fsp3) is 0.316. The van der Waals surface area contributed by atoms with E-state index in [1.54, 1.807) is 19.1 Å². The molecule has 6 heteroatoms. The highest BCUT2D eigenvalue weighted by molar-refractivity contribution is 8.00. The number of thioether (sulfide) groups is 1. The molecule has 0 aliphatic carbocycles. The molecule has 1 N–H and O–H groups in total. The lowest BCUT2D eigenvalue weighted by molar-refractivity contribution is -0.129. The summed E-state index contributed by atoms with van der Waals surface area (Å²) in [6, 6.07) is 14.9. The average molecular weight is 359 g/mol. The zero-order valence-electron chi connectivity index (χ0n) is 14.2. The van der Waals surface area contributed by atoms with Crippen LogP contribution in [0.5, 0.6) is 11.5 Å². The molecule has 0 saturated carbocycles. The van der Waals surface area contributed by atoms with Crippen molar-refractivity contribution in [1.82, 2.24) is 4.90 Å². The van der Waals surface area contributed by atoms with Crippen molar-refractivity contribution < 1.29 is 19.4 Å². The monoisotopic (exact) mass is 359 g/mol. The molecule has 5 nitrogen and oxygen atoms in total. The molecule has 1 amide bonds. The molecule has 2 atom stereocenters. The molecule has 1 aliphatic heterocycles. The maximum Gasteiger partial charge on any atom is 0.233 e. The first-order valence-electron chi connectivity index (χ1n) is 8.00. The highest BCUT2D eigenvalue weighted by Crippen LogP contribution is 2.44. The Morgan fingerprint density at radius 2 is 1.96 bits per heavy atom. The number of benzene rings is 2. The zero-order chi connectivity index (χ0) is 17.8. The molecule has 0 unspecified atom stereocenters. The summed E-state index contributed by atoms with van der Waals surface area (Å²) in [5, 5.41) is 10.3. The Hall–Kier alpha value is -2.18. The molecule has 0 spiro atoms. The predicted octanol–water partition coefficient (Wildman–Crippen LogP) is 3.01. The lowest BCUT2D eigenvalue weighted by Crippen LogP contribution is -2.32. The fourth-order valence-corrected chi connectivity index (χ4v) is 4.12. The Bertz CT molecular complexity index is 737. The van der Waals surface area contributed by atoms with Crippen LogP contribution in [0.2, 0.25) is 0 Å². The van der Waals surface area contributed by atoms with Crippen LogP contribution in [0, 0.1) is 0 Å². The van der Waals surface area contributed by atoms with Gasteiger partial charge in [0.15, 0.2) is 0 Å². The van der Waals surface area contributed by atoms with Crippen molar-refractivity contribution in [2.75, 3.05) is 26.5 Å². The van der Waals surface area contributed by atoms with Crippen molar-refractivity contribution in [1.29, 1.82) is 0 Å². The van der Waals surface area contributed by atoms with Crippen molar-refractivity contribution in [2.24, 2.45) is 0 Å². The van der Waals surface area contributed by atoms with Gasteiger partial charge in [0.25, 0.3) is 0 Å². The normalized spacial score (nSPS) is 18.3. The smallest absolute Gasteiger partial charge is 0.233 e. The van der Waals surface area contributed by atoms with E-state index in [1.807, 2.05) is 48.5 Å². The van der Waals surface area contributed by atoms with Crippen LogP contribution in [0.4, 0.5) is 0 Å². The van der Waals surface area contributed by atoms with Crippen LogP contribution in [-0.4, -0.2) is 42.4 Å². The van der Waals surface area contributed by atoms with E-state index < -0.39 is 6.10 Å². The van der Waals surface area contributed by atoms with Gasteiger partial charge in [0, 0.05) is 5.56 Å². The first-order chi connectivity index (χ1) is 12.1. The van der Waals surface area contributed by atoms with Gasteiger partial charge in [-0.2, -0.15) is 0 Å². The first-order valence-corrected chi connectivity index (χ1v) is 9.05. The van der Waals surface area contributed by atoms with Crippen molar-refractivity contribution in [3.63, 3.8) is 0 Å². The SMILES string of the molecule is COc1ccc(OC)c([C@H]2SCC(=O)N2C[C@H](O)c2ccccc2)c1. The third-order valence-corrected chi connectivity index (χ3v) is 5.46. The summed E-state index contributed by atoms with van der Waals surface area (Å²) < 4.78 is 10.8. The zero-order valence-corrected chi connectivity index (χ0v) is 15.0. The van der Waals surface area contributed by atoms with E-state index in [4.69, 9.17) is 9.47 Å². The molecule has 1 heterocycles. The van der Waals surface area contributed by atoms with Gasteiger partial charge >= 0.3 is 0 Å². The number of amides is 1. The largest absolute Gasteiger partial charge is 0.497 e. The minimum Gasteiger partial charge on any atom is -0.497 e. The number of rotatable bonds is 6. The number of β-amino-alcohol motifs (C(OH)–C–C–N with tert-alkyl or cyclic N) is 1. The van der Waals surface area contributed by atoms with Crippen LogP contribution in [0.25, 0.3) is 0 Å². The van der Waals surface area contributed by atoms with Gasteiger partial charge < -0.3 is 19.5 Å². The van der Waals surface area contributed by atoms with Crippen molar-refractivity contribution in [3.8, 4) is 11.5 Å². The number of ether oxygens (including phenoxy) is 2. The highest BCUT2D eigenvalue weighted by atomic mass is 32.2. The van der Waals surface area contributed by atoms with E-state index in [-0.39, 0.29) is 17.8 Å². The lowest BCUT2D eigenvalue weighted by Gasteiger charge is -2.28. The molecular weight excluding hydrogens is 338 g/mol. The van der Waals surface area contributed by atoms with Crippen LogP contribution in [0.1, 0.15) is 22.6 Å². The summed E-state index contributed by atoms with van der Waals surface area (Å²) in [5.74, 6) is 1.80. The Balaban J connectivity index is 1.87. The Kier molecular flexibility index (Phi) is 5.50. The second kappa shape index (κ2) is 7.80. The predicted molar refractivity (Wildman–Crippen MR) is 97.9 cm³/mol. The van der Waals surface area contributed by atoms with Gasteiger partial charge in [0.2, 0.25) is 5.91 Å². The van der Waals surface area contributed by atoms with Crippen molar-refractivity contribution in [3.05, 3.63) is 59.7 Å². The van der Waals surface area contributed by atoms with Crippen molar-refractivity contribution >= 4 is 17.7 Å². The second-order valence-electron chi connectivity index (χ2n) is 5.74. The molecule has 0 bridgehead atoms. The fourth-order valence-electron chi connectivity index (χ4n) is 2.91. The lowest BCUT2D eigenvalue weighted by atomic mass is 10.1. The number of carbonyl (C=O) groups is 1. The number of hydrogen-bond acceptors (Lipinski definition) is 5. The molecule has 2 aromatic rings. The maximum absolute atomic E-state index is 12.4. The van der Waals surface area contributed by atoms with E-state index in [2.05, 4.69) is 0 Å². The molecule has 25 heavy (non-hydrogen) atoms. The van der Waals surface area contributed by atoms with E-state index in [0.717, 1.165) is 11.1 Å². The van der Waals surface area contributed by atoms with Gasteiger partial charge in [-0.15, -0.1) is 11.8 Å². The molecule has 0 aromatic heterocycles. The second-order valence-corrected chi connectivity index (χ2v) is 6.81. The summed E-state index contributed by atoms with van der Waals surface area (Å²) in [4.78, 5) is 14.1. The summed E-state index contributed by atoms with van der Waals surface area (Å²) in [7, 11) is 3.21. The average Bonchev–Trinajstić information content (AvgIpc) is 3.02. The summed E-state index contributed by atoms with van der Waals surface area (Å²) in [6.45, 7) is 0.237. The Labute approximate surface area is 151 Å². The summed E-state index contributed by atoms with van der Waals surface area (Å²) in [5.41, 5.74) is 1.67. The topological polar surface area (TPSA) is 59.0 Å². The van der Waals surface area contributed by atoms with E-state index in [9.17, 15) is 9.90 Å². The summed E-state index contributed by atoms with van der Waals surface area (Å²) >= 11 is 1.53. The van der Waals surface area contributed by atoms with Gasteiger partial charge in [-0.25, -0.2) is 0 Å². The minimum absolute atomic E-state index is 0.00912. The molecule has 1 fully saturated rings. The number of aliphatic hydroxyl groups excluding tert-OH is 1. The number of hydrogen-bond donors (Lipinski definition) is 1. The van der Waals surface area contributed by atoms with Gasteiger partial charge in [0.1, 0.15) is 16.9 Å². The quantitative estimate of drug-likeness (QED) is 0.859. The van der Waals surface area contributed by atoms with Crippen LogP contribution in [0.3, 0.4) is 0 Å². The van der Waals surface area contributed by atoms with E-state index >= 15 is 0 Å². The number of methoxy groups -OCH3 is 2. The van der Waals surface area contributed by atoms with Gasteiger partial charge in [-0.3, -0.25) is 4.79 Å². The molecule has 0 radical (unpaired) electrons. The maximum atomic E-state index is 12.4. The number of nitrogens with zero attached hydrogens (tertiary/aromatic N) is 1. The van der Waals surface area contributed by atoms with E-state index in [0.29, 0.717) is 17.3 Å². The number of carbonyl (C=O) groups excluding carboxylic acids is 1. The van der Waals surface area contributed by atoms with Gasteiger partial charge in [-0.1, -0.05) is 30.3 Å². The molecule has 1 aliphatic rings. The van der Waals surface area contributed by atoms with Gasteiger partial charge in [-0.05, 0) is 23.8 Å². The van der Waals surface area contributed by atoms with Crippen LogP contribution < -0.4 is 9.47 Å². The standard InChI is InChI=1S/C19H21NO4S/c1-23-14-8-9-17(24-2)15(10-14)19-20(18(22)12-25-19)11-16(21)13-6-4-3-5-7-13/h3-10,16,19,21H,11-12H2,1-2H3/t16-,19+/m0/s1.